The van der Waals surface area contributed by atoms with Gasteiger partial charge in [-0.3, -0.25) is 9.69 Å². The van der Waals surface area contributed by atoms with Crippen LogP contribution in [0.15, 0.2) is 34.9 Å². The van der Waals surface area contributed by atoms with Crippen LogP contribution in [0.25, 0.3) is 0 Å². The van der Waals surface area contributed by atoms with Crippen molar-refractivity contribution in [3.63, 3.8) is 0 Å². The monoisotopic (exact) mass is 315 g/mol. The summed E-state index contributed by atoms with van der Waals surface area (Å²) in [4.78, 5) is 18.7. The molecule has 0 atom stereocenters. The van der Waals surface area contributed by atoms with Crippen LogP contribution in [-0.4, -0.2) is 34.0 Å². The minimum absolute atomic E-state index is 0.0256. The van der Waals surface area contributed by atoms with Gasteiger partial charge in [-0.1, -0.05) is 12.1 Å². The number of nitrogens with zero attached hydrogens (tertiary/aromatic N) is 2. The third kappa shape index (κ3) is 3.90. The van der Waals surface area contributed by atoms with Crippen molar-refractivity contribution in [1.29, 1.82) is 0 Å². The van der Waals surface area contributed by atoms with E-state index in [1.165, 1.54) is 0 Å². The average Bonchev–Trinajstić information content (AvgIpc) is 2.95. The molecule has 3 rings (SSSR count). The van der Waals surface area contributed by atoms with E-state index in [-0.39, 0.29) is 17.6 Å². The van der Waals surface area contributed by atoms with Crippen LogP contribution in [0.1, 0.15) is 24.5 Å². The molecule has 0 bridgehead atoms. The molecule has 0 unspecified atom stereocenters. The highest BCUT2D eigenvalue weighted by molar-refractivity contribution is 5.93. The van der Waals surface area contributed by atoms with Crippen molar-refractivity contribution in [2.75, 3.05) is 18.4 Å². The van der Waals surface area contributed by atoms with E-state index in [0.29, 0.717) is 11.6 Å². The Hall–Kier alpha value is -2.34. The summed E-state index contributed by atoms with van der Waals surface area (Å²) in [6.45, 7) is 4.25. The molecule has 23 heavy (non-hydrogen) atoms. The van der Waals surface area contributed by atoms with Gasteiger partial charge in [-0.2, -0.15) is 0 Å². The number of nitrogens with one attached hydrogen (secondary N) is 1. The van der Waals surface area contributed by atoms with Crippen molar-refractivity contribution in [2.24, 2.45) is 5.92 Å². The summed E-state index contributed by atoms with van der Waals surface area (Å²) < 4.78 is 5.49. The highest BCUT2D eigenvalue weighted by Gasteiger charge is 2.25. The van der Waals surface area contributed by atoms with E-state index in [0.717, 1.165) is 38.2 Å². The van der Waals surface area contributed by atoms with E-state index in [2.05, 4.69) is 15.2 Å². The molecule has 0 radical (unpaired) electrons. The van der Waals surface area contributed by atoms with Crippen LogP contribution in [0.5, 0.6) is 5.75 Å². The Labute approximate surface area is 135 Å². The maximum Gasteiger partial charge on any atom is 0.227 e. The zero-order chi connectivity index (χ0) is 16.2. The number of rotatable bonds is 4. The van der Waals surface area contributed by atoms with Crippen LogP contribution in [0.2, 0.25) is 0 Å². The Morgan fingerprint density at radius 2 is 2.13 bits per heavy atom. The van der Waals surface area contributed by atoms with E-state index in [1.54, 1.807) is 30.5 Å². The second-order valence-electron chi connectivity index (χ2n) is 5.90. The molecule has 6 nitrogen and oxygen atoms in total. The molecule has 0 saturated carbocycles. The first kappa shape index (κ1) is 15.6. The van der Waals surface area contributed by atoms with E-state index in [1.807, 2.05) is 6.92 Å². The number of carbonyl (C=O) groups excluding carboxylic acids is 1. The lowest BCUT2D eigenvalue weighted by molar-refractivity contribution is -0.121. The number of anilines is 1. The lowest BCUT2D eigenvalue weighted by Gasteiger charge is -2.30. The van der Waals surface area contributed by atoms with Gasteiger partial charge in [0.1, 0.15) is 11.5 Å². The summed E-state index contributed by atoms with van der Waals surface area (Å²) in [5, 5.41) is 12.5. The largest absolute Gasteiger partial charge is 0.506 e. The van der Waals surface area contributed by atoms with Gasteiger partial charge in [0.05, 0.1) is 18.4 Å². The van der Waals surface area contributed by atoms with Crippen molar-refractivity contribution in [1.82, 2.24) is 9.88 Å². The van der Waals surface area contributed by atoms with E-state index in [4.69, 9.17) is 4.42 Å². The van der Waals surface area contributed by atoms with Crippen LogP contribution in [-0.2, 0) is 11.3 Å². The number of oxazole rings is 1. The Morgan fingerprint density at radius 3 is 2.78 bits per heavy atom. The zero-order valence-corrected chi connectivity index (χ0v) is 13.2. The normalized spacial score (nSPS) is 16.4. The summed E-state index contributed by atoms with van der Waals surface area (Å²) in [5.74, 6) is 1.58. The highest BCUT2D eigenvalue weighted by atomic mass is 16.4. The number of hydrogen-bond donors (Lipinski definition) is 2. The molecule has 122 valence electrons. The smallest absolute Gasteiger partial charge is 0.227 e. The maximum atomic E-state index is 12.3. The van der Waals surface area contributed by atoms with Crippen molar-refractivity contribution in [3.05, 3.63) is 42.1 Å². The molecule has 2 heterocycles. The molecule has 0 aliphatic carbocycles. The number of phenolic OH excluding ortho intramolecular Hbond substituents is 1. The van der Waals surface area contributed by atoms with Crippen LogP contribution >= 0.6 is 0 Å². The number of phenols is 1. The van der Waals surface area contributed by atoms with E-state index >= 15 is 0 Å². The van der Waals surface area contributed by atoms with E-state index in [9.17, 15) is 9.90 Å². The number of amides is 1. The fourth-order valence-electron chi connectivity index (χ4n) is 2.87. The molecule has 0 spiro atoms. The second kappa shape index (κ2) is 6.83. The number of aryl methyl sites for hydroxylation is 1. The number of aromatic nitrogens is 1. The number of piperidine rings is 1. The molecule has 1 fully saturated rings. The number of benzene rings is 1. The fourth-order valence-corrected chi connectivity index (χ4v) is 2.87. The summed E-state index contributed by atoms with van der Waals surface area (Å²) in [6.07, 6.45) is 3.35. The fraction of sp³-hybridized carbons (Fsp3) is 0.412. The maximum absolute atomic E-state index is 12.3. The number of para-hydroxylation sites is 2. The van der Waals surface area contributed by atoms with Crippen molar-refractivity contribution < 1.29 is 14.3 Å². The predicted molar refractivity (Wildman–Crippen MR) is 86.0 cm³/mol. The van der Waals surface area contributed by atoms with Gasteiger partial charge in [0, 0.05) is 12.8 Å². The van der Waals surface area contributed by atoms with Gasteiger partial charge in [-0.05, 0) is 38.1 Å². The first-order valence-corrected chi connectivity index (χ1v) is 7.84. The van der Waals surface area contributed by atoms with Gasteiger partial charge < -0.3 is 14.8 Å². The average molecular weight is 315 g/mol. The van der Waals surface area contributed by atoms with Gasteiger partial charge in [0.25, 0.3) is 0 Å². The topological polar surface area (TPSA) is 78.6 Å². The van der Waals surface area contributed by atoms with Gasteiger partial charge in [-0.15, -0.1) is 0 Å². The molecular formula is C17H21N3O3. The Bertz CT molecular complexity index is 675. The summed E-state index contributed by atoms with van der Waals surface area (Å²) in [7, 11) is 0. The molecule has 1 aliphatic heterocycles. The van der Waals surface area contributed by atoms with Gasteiger partial charge in [-0.25, -0.2) is 4.98 Å². The molecule has 1 amide bonds. The Kier molecular flexibility index (Phi) is 4.62. The third-order valence-corrected chi connectivity index (χ3v) is 4.17. The summed E-state index contributed by atoms with van der Waals surface area (Å²) in [5.41, 5.74) is 0.470. The lowest BCUT2D eigenvalue weighted by atomic mass is 9.95. The SMILES string of the molecule is Cc1ncc(CN2CCC(C(=O)Nc3ccccc3O)CC2)o1. The van der Waals surface area contributed by atoms with Gasteiger partial charge in [0.15, 0.2) is 5.89 Å². The number of carbonyl (C=O) groups is 1. The van der Waals surface area contributed by atoms with Gasteiger partial charge in [0.2, 0.25) is 5.91 Å². The first-order valence-electron chi connectivity index (χ1n) is 7.84. The molecule has 1 aromatic carbocycles. The number of aromatic hydroxyl groups is 1. The Balaban J connectivity index is 1.50. The molecule has 1 aliphatic rings. The third-order valence-electron chi connectivity index (χ3n) is 4.17. The lowest BCUT2D eigenvalue weighted by Crippen LogP contribution is -2.37. The number of hydrogen-bond acceptors (Lipinski definition) is 5. The van der Waals surface area contributed by atoms with Crippen LogP contribution < -0.4 is 5.32 Å². The standard InChI is InChI=1S/C17H21N3O3/c1-12-18-10-14(23-12)11-20-8-6-13(7-9-20)17(22)19-15-4-2-3-5-16(15)21/h2-5,10,13,21H,6-9,11H2,1H3,(H,19,22). The van der Waals surface area contributed by atoms with Crippen molar-refractivity contribution in [2.45, 2.75) is 26.3 Å². The molecule has 1 saturated heterocycles. The molecule has 2 aromatic rings. The van der Waals surface area contributed by atoms with Crippen molar-refractivity contribution >= 4 is 11.6 Å². The van der Waals surface area contributed by atoms with E-state index < -0.39 is 0 Å². The molecule has 6 heteroatoms. The predicted octanol–water partition coefficient (Wildman–Crippen LogP) is 2.54. The second-order valence-corrected chi connectivity index (χ2v) is 5.90. The molecule has 1 aromatic heterocycles. The first-order chi connectivity index (χ1) is 11.1. The van der Waals surface area contributed by atoms with Crippen molar-refractivity contribution in [3.8, 4) is 5.75 Å². The van der Waals surface area contributed by atoms with Gasteiger partial charge >= 0.3 is 0 Å². The minimum Gasteiger partial charge on any atom is -0.506 e. The van der Waals surface area contributed by atoms with Crippen LogP contribution in [0, 0.1) is 12.8 Å². The zero-order valence-electron chi connectivity index (χ0n) is 13.2. The molecular weight excluding hydrogens is 294 g/mol. The summed E-state index contributed by atoms with van der Waals surface area (Å²) in [6, 6.07) is 6.79. The highest BCUT2D eigenvalue weighted by Crippen LogP contribution is 2.25. The molecule has 2 N–H and O–H groups in total. The quantitative estimate of drug-likeness (QED) is 0.848. The summed E-state index contributed by atoms with van der Waals surface area (Å²) >= 11 is 0. The Morgan fingerprint density at radius 1 is 1.39 bits per heavy atom. The van der Waals surface area contributed by atoms with Crippen LogP contribution in [0.4, 0.5) is 5.69 Å². The van der Waals surface area contributed by atoms with Crippen LogP contribution in [0.3, 0.4) is 0 Å². The number of likely N-dealkylation sites (tertiary alicyclic amines) is 1. The minimum atomic E-state index is -0.0262.